The van der Waals surface area contributed by atoms with Crippen molar-refractivity contribution in [2.45, 2.75) is 39.3 Å². The number of aromatic nitrogens is 2. The van der Waals surface area contributed by atoms with Crippen molar-refractivity contribution in [3.63, 3.8) is 0 Å². The Bertz CT molecular complexity index is 522. The highest BCUT2D eigenvalue weighted by Gasteiger charge is 2.01. The summed E-state index contributed by atoms with van der Waals surface area (Å²) in [5.41, 5.74) is 3.57. The molecule has 0 atom stereocenters. The Kier molecular flexibility index (Phi) is 5.62. The molecule has 2 aromatic rings. The topological polar surface area (TPSA) is 50.1 Å². The predicted octanol–water partition coefficient (Wildman–Crippen LogP) is 2.83. The van der Waals surface area contributed by atoms with E-state index in [2.05, 4.69) is 46.1 Å². The third-order valence-corrected chi connectivity index (χ3v) is 3.29. The van der Waals surface area contributed by atoms with Gasteiger partial charge in [-0.3, -0.25) is 0 Å². The molecule has 0 unspecified atom stereocenters. The minimum absolute atomic E-state index is 0.244. The molecule has 1 heterocycles. The number of aryl methyl sites for hydroxylation is 2. The Morgan fingerprint density at radius 1 is 1.35 bits per heavy atom. The average Bonchev–Trinajstić information content (AvgIpc) is 2.91. The van der Waals surface area contributed by atoms with Crippen LogP contribution in [0.4, 0.5) is 5.69 Å². The molecule has 2 rings (SSSR count). The van der Waals surface area contributed by atoms with Crippen LogP contribution in [0.15, 0.2) is 36.8 Å². The molecule has 0 saturated heterocycles. The number of aliphatic hydroxyl groups is 1. The first-order valence-corrected chi connectivity index (χ1v) is 7.26. The lowest BCUT2D eigenvalue weighted by Crippen LogP contribution is -2.07. The van der Waals surface area contributed by atoms with Crippen molar-refractivity contribution < 1.29 is 5.11 Å². The summed E-state index contributed by atoms with van der Waals surface area (Å²) in [6.45, 7) is 4.20. The van der Waals surface area contributed by atoms with Crippen molar-refractivity contribution in [1.82, 2.24) is 9.55 Å². The highest BCUT2D eigenvalue weighted by Crippen LogP contribution is 2.13. The third-order valence-electron chi connectivity index (χ3n) is 3.29. The van der Waals surface area contributed by atoms with Crippen LogP contribution in [-0.2, 0) is 19.5 Å². The fourth-order valence-electron chi connectivity index (χ4n) is 2.25. The zero-order valence-electron chi connectivity index (χ0n) is 12.0. The molecule has 0 radical (unpaired) electrons. The van der Waals surface area contributed by atoms with Crippen molar-refractivity contribution in [2.75, 3.05) is 11.9 Å². The largest absolute Gasteiger partial charge is 0.396 e. The lowest BCUT2D eigenvalue weighted by molar-refractivity contribution is 0.288. The van der Waals surface area contributed by atoms with Crippen LogP contribution in [0.5, 0.6) is 0 Å². The van der Waals surface area contributed by atoms with Gasteiger partial charge in [-0.15, -0.1) is 0 Å². The molecule has 4 heteroatoms. The first kappa shape index (κ1) is 14.6. The molecule has 0 saturated carbocycles. The van der Waals surface area contributed by atoms with Crippen molar-refractivity contribution >= 4 is 5.69 Å². The maximum absolute atomic E-state index is 8.88. The van der Waals surface area contributed by atoms with Gasteiger partial charge in [-0.25, -0.2) is 4.98 Å². The van der Waals surface area contributed by atoms with E-state index in [1.807, 2.05) is 12.5 Å². The molecule has 0 aliphatic carbocycles. The van der Waals surface area contributed by atoms with Gasteiger partial charge in [0.05, 0.1) is 18.6 Å². The molecule has 0 aliphatic heterocycles. The van der Waals surface area contributed by atoms with Gasteiger partial charge < -0.3 is 15.0 Å². The van der Waals surface area contributed by atoms with E-state index in [-0.39, 0.29) is 6.61 Å². The Morgan fingerprint density at radius 3 is 3.05 bits per heavy atom. The standard InChI is InChI=1S/C16H23N3O/c1-2-8-19-13-17-11-16(19)12-18-15-7-3-5-14(10-15)6-4-9-20/h3,5,7,10-11,13,18,20H,2,4,6,8-9,12H2,1H3. The lowest BCUT2D eigenvalue weighted by Gasteiger charge is -2.10. The molecule has 4 nitrogen and oxygen atoms in total. The van der Waals surface area contributed by atoms with Crippen LogP contribution >= 0.6 is 0 Å². The van der Waals surface area contributed by atoms with Gasteiger partial charge in [0.2, 0.25) is 0 Å². The van der Waals surface area contributed by atoms with Gasteiger partial charge in [-0.05, 0) is 37.0 Å². The van der Waals surface area contributed by atoms with Crippen LogP contribution in [0.3, 0.4) is 0 Å². The maximum atomic E-state index is 8.88. The summed E-state index contributed by atoms with van der Waals surface area (Å²) in [4.78, 5) is 4.21. The van der Waals surface area contributed by atoms with E-state index in [4.69, 9.17) is 5.11 Å². The number of anilines is 1. The average molecular weight is 273 g/mol. The van der Waals surface area contributed by atoms with E-state index in [0.717, 1.165) is 38.0 Å². The van der Waals surface area contributed by atoms with E-state index in [1.165, 1.54) is 11.3 Å². The van der Waals surface area contributed by atoms with Gasteiger partial charge in [0, 0.05) is 25.0 Å². The third kappa shape index (κ3) is 4.10. The number of aliphatic hydroxyl groups excluding tert-OH is 1. The number of imidazole rings is 1. The zero-order valence-corrected chi connectivity index (χ0v) is 12.0. The fourth-order valence-corrected chi connectivity index (χ4v) is 2.25. The minimum Gasteiger partial charge on any atom is -0.396 e. The minimum atomic E-state index is 0.244. The molecular formula is C16H23N3O. The van der Waals surface area contributed by atoms with Crippen molar-refractivity contribution in [1.29, 1.82) is 0 Å². The summed E-state index contributed by atoms with van der Waals surface area (Å²) in [5, 5.41) is 12.3. The second kappa shape index (κ2) is 7.70. The van der Waals surface area contributed by atoms with Gasteiger partial charge in [-0.1, -0.05) is 19.1 Å². The van der Waals surface area contributed by atoms with E-state index in [1.54, 1.807) is 0 Å². The van der Waals surface area contributed by atoms with E-state index >= 15 is 0 Å². The van der Waals surface area contributed by atoms with E-state index in [0.29, 0.717) is 0 Å². The number of nitrogens with one attached hydrogen (secondary N) is 1. The van der Waals surface area contributed by atoms with E-state index in [9.17, 15) is 0 Å². The normalized spacial score (nSPS) is 10.7. The van der Waals surface area contributed by atoms with Crippen LogP contribution in [0.25, 0.3) is 0 Å². The quantitative estimate of drug-likeness (QED) is 0.777. The van der Waals surface area contributed by atoms with Gasteiger partial charge in [0.1, 0.15) is 0 Å². The Hall–Kier alpha value is -1.81. The summed E-state index contributed by atoms with van der Waals surface area (Å²) < 4.78 is 2.18. The first-order chi connectivity index (χ1) is 9.83. The van der Waals surface area contributed by atoms with Crippen LogP contribution in [0.1, 0.15) is 31.0 Å². The van der Waals surface area contributed by atoms with Crippen LogP contribution in [0, 0.1) is 0 Å². The molecule has 0 bridgehead atoms. The van der Waals surface area contributed by atoms with Crippen molar-refractivity contribution in [2.24, 2.45) is 0 Å². The summed E-state index contributed by atoms with van der Waals surface area (Å²) in [6.07, 6.45) is 6.64. The number of hydrogen-bond donors (Lipinski definition) is 2. The van der Waals surface area contributed by atoms with Crippen molar-refractivity contribution in [3.8, 4) is 0 Å². The van der Waals surface area contributed by atoms with Gasteiger partial charge in [-0.2, -0.15) is 0 Å². The zero-order chi connectivity index (χ0) is 14.2. The first-order valence-electron chi connectivity index (χ1n) is 7.26. The number of benzene rings is 1. The number of hydrogen-bond acceptors (Lipinski definition) is 3. The second-order valence-corrected chi connectivity index (χ2v) is 4.96. The van der Waals surface area contributed by atoms with E-state index < -0.39 is 0 Å². The monoisotopic (exact) mass is 273 g/mol. The van der Waals surface area contributed by atoms with Crippen molar-refractivity contribution in [3.05, 3.63) is 48.0 Å². The predicted molar refractivity (Wildman–Crippen MR) is 81.7 cm³/mol. The summed E-state index contributed by atoms with van der Waals surface area (Å²) in [5.74, 6) is 0. The van der Waals surface area contributed by atoms with Gasteiger partial charge >= 0.3 is 0 Å². The Morgan fingerprint density at radius 2 is 2.25 bits per heavy atom. The van der Waals surface area contributed by atoms with Crippen LogP contribution in [-0.4, -0.2) is 21.3 Å². The highest BCUT2D eigenvalue weighted by atomic mass is 16.2. The lowest BCUT2D eigenvalue weighted by atomic mass is 10.1. The maximum Gasteiger partial charge on any atom is 0.0948 e. The molecule has 0 amide bonds. The molecule has 20 heavy (non-hydrogen) atoms. The molecule has 1 aromatic carbocycles. The summed E-state index contributed by atoms with van der Waals surface area (Å²) >= 11 is 0. The molecule has 0 aliphatic rings. The number of rotatable bonds is 8. The second-order valence-electron chi connectivity index (χ2n) is 4.96. The molecular weight excluding hydrogens is 250 g/mol. The number of nitrogens with zero attached hydrogens (tertiary/aromatic N) is 2. The van der Waals surface area contributed by atoms with Gasteiger partial charge in [0.15, 0.2) is 0 Å². The summed E-state index contributed by atoms with van der Waals surface area (Å²) in [6, 6.07) is 8.37. The summed E-state index contributed by atoms with van der Waals surface area (Å²) in [7, 11) is 0. The molecule has 2 N–H and O–H groups in total. The fraction of sp³-hybridized carbons (Fsp3) is 0.438. The van der Waals surface area contributed by atoms with Gasteiger partial charge in [0.25, 0.3) is 0 Å². The molecule has 1 aromatic heterocycles. The molecule has 0 spiro atoms. The Labute approximate surface area is 120 Å². The Balaban J connectivity index is 1.94. The highest BCUT2D eigenvalue weighted by molar-refractivity contribution is 5.46. The van der Waals surface area contributed by atoms with Crippen LogP contribution < -0.4 is 5.32 Å². The SMILES string of the molecule is CCCn1cncc1CNc1cccc(CCCO)c1. The molecule has 0 fully saturated rings. The van der Waals surface area contributed by atoms with Crippen LogP contribution in [0.2, 0.25) is 0 Å². The molecule has 108 valence electrons. The smallest absolute Gasteiger partial charge is 0.0948 e.